The van der Waals surface area contributed by atoms with E-state index in [0.29, 0.717) is 10.0 Å². The van der Waals surface area contributed by atoms with Gasteiger partial charge in [-0.25, -0.2) is 4.79 Å². The number of rotatable bonds is 2. The molecule has 80 valence electrons. The maximum absolute atomic E-state index is 11.3. The Balaban J connectivity index is 3.49. The lowest BCUT2D eigenvalue weighted by Gasteiger charge is -2.09. The SMILES string of the molecule is Cc1cc(Br)c(C(=O)C(=O)O)c(C)c1O. The quantitative estimate of drug-likeness (QED) is 0.638. The third kappa shape index (κ3) is 2.02. The first kappa shape index (κ1) is 11.7. The Morgan fingerprint density at radius 1 is 1.33 bits per heavy atom. The number of carboxylic acid groups (broad SMARTS) is 1. The van der Waals surface area contributed by atoms with Crippen molar-refractivity contribution in [1.82, 2.24) is 0 Å². The lowest BCUT2D eigenvalue weighted by Crippen LogP contribution is -2.15. The largest absolute Gasteiger partial charge is 0.507 e. The molecule has 0 fully saturated rings. The van der Waals surface area contributed by atoms with Crippen molar-refractivity contribution in [3.63, 3.8) is 0 Å². The predicted octanol–water partition coefficient (Wildman–Crippen LogP) is 2.04. The first-order valence-electron chi connectivity index (χ1n) is 4.12. The van der Waals surface area contributed by atoms with Crippen LogP contribution in [0.5, 0.6) is 5.75 Å². The fourth-order valence-corrected chi connectivity index (χ4v) is 2.13. The molecule has 0 aromatic heterocycles. The van der Waals surface area contributed by atoms with E-state index in [1.165, 1.54) is 13.0 Å². The van der Waals surface area contributed by atoms with Gasteiger partial charge in [0.15, 0.2) is 0 Å². The number of ketones is 1. The Bertz CT molecular complexity index is 451. The minimum Gasteiger partial charge on any atom is -0.507 e. The molecule has 1 aromatic rings. The number of benzene rings is 1. The van der Waals surface area contributed by atoms with E-state index in [1.54, 1.807) is 6.92 Å². The minimum absolute atomic E-state index is 0.00870. The number of hydrogen-bond donors (Lipinski definition) is 2. The van der Waals surface area contributed by atoms with Crippen LogP contribution >= 0.6 is 15.9 Å². The van der Waals surface area contributed by atoms with E-state index in [4.69, 9.17) is 5.11 Å². The second-order valence-corrected chi connectivity index (χ2v) is 4.01. The van der Waals surface area contributed by atoms with E-state index in [9.17, 15) is 14.7 Å². The Labute approximate surface area is 94.7 Å². The number of carbonyl (C=O) groups excluding carboxylic acids is 1. The third-order valence-electron chi connectivity index (χ3n) is 2.11. The molecule has 0 atom stereocenters. The number of phenols is 1. The summed E-state index contributed by atoms with van der Waals surface area (Å²) in [5, 5.41) is 18.2. The molecule has 0 spiro atoms. The van der Waals surface area contributed by atoms with Gasteiger partial charge in [-0.3, -0.25) is 4.79 Å². The molecule has 4 nitrogen and oxygen atoms in total. The van der Waals surface area contributed by atoms with Crippen LogP contribution in [0.3, 0.4) is 0 Å². The summed E-state index contributed by atoms with van der Waals surface area (Å²) in [7, 11) is 0. The molecule has 2 N–H and O–H groups in total. The number of carboxylic acids is 1. The van der Waals surface area contributed by atoms with Gasteiger partial charge < -0.3 is 10.2 Å². The van der Waals surface area contributed by atoms with Crippen LogP contribution in [-0.2, 0) is 4.79 Å². The topological polar surface area (TPSA) is 74.6 Å². The van der Waals surface area contributed by atoms with Crippen molar-refractivity contribution in [2.75, 3.05) is 0 Å². The zero-order chi connectivity index (χ0) is 11.7. The average molecular weight is 273 g/mol. The average Bonchev–Trinajstić information content (AvgIpc) is 2.14. The van der Waals surface area contributed by atoms with E-state index >= 15 is 0 Å². The van der Waals surface area contributed by atoms with Gasteiger partial charge in [0, 0.05) is 10.0 Å². The van der Waals surface area contributed by atoms with Crippen molar-refractivity contribution in [2.24, 2.45) is 0 Å². The van der Waals surface area contributed by atoms with E-state index in [2.05, 4.69) is 15.9 Å². The van der Waals surface area contributed by atoms with Gasteiger partial charge in [0.1, 0.15) is 5.75 Å². The lowest BCUT2D eigenvalue weighted by molar-refractivity contribution is -0.131. The molecule has 0 saturated heterocycles. The van der Waals surface area contributed by atoms with Crippen molar-refractivity contribution in [2.45, 2.75) is 13.8 Å². The van der Waals surface area contributed by atoms with Crippen molar-refractivity contribution in [3.05, 3.63) is 27.2 Å². The van der Waals surface area contributed by atoms with Gasteiger partial charge >= 0.3 is 5.97 Å². The first-order valence-corrected chi connectivity index (χ1v) is 4.91. The molecule has 0 heterocycles. The van der Waals surface area contributed by atoms with Gasteiger partial charge in [0.25, 0.3) is 5.78 Å². The van der Waals surface area contributed by atoms with Crippen LogP contribution in [-0.4, -0.2) is 22.0 Å². The molecule has 0 aliphatic heterocycles. The van der Waals surface area contributed by atoms with Crippen molar-refractivity contribution in [1.29, 1.82) is 0 Å². The number of phenolic OH excluding ortho intramolecular Hbond substituents is 1. The summed E-state index contributed by atoms with van der Waals surface area (Å²) in [4.78, 5) is 21.9. The summed E-state index contributed by atoms with van der Waals surface area (Å²) in [6.07, 6.45) is 0. The van der Waals surface area contributed by atoms with Gasteiger partial charge in [-0.15, -0.1) is 0 Å². The summed E-state index contributed by atoms with van der Waals surface area (Å²) in [6.45, 7) is 3.17. The van der Waals surface area contributed by atoms with Crippen LogP contribution in [0.2, 0.25) is 0 Å². The standard InChI is InChI=1S/C10H9BrO4/c1-4-3-6(11)7(5(2)8(4)12)9(13)10(14)15/h3,12H,1-2H3,(H,14,15). The number of hydrogen-bond acceptors (Lipinski definition) is 3. The van der Waals surface area contributed by atoms with Crippen molar-refractivity contribution in [3.8, 4) is 5.75 Å². The Morgan fingerprint density at radius 3 is 2.33 bits per heavy atom. The molecule has 1 rings (SSSR count). The normalized spacial score (nSPS) is 10.1. The maximum Gasteiger partial charge on any atom is 0.377 e. The van der Waals surface area contributed by atoms with Crippen LogP contribution in [0.4, 0.5) is 0 Å². The molecule has 1 aromatic carbocycles. The van der Waals surface area contributed by atoms with E-state index in [1.807, 2.05) is 0 Å². The second kappa shape index (κ2) is 4.02. The highest BCUT2D eigenvalue weighted by Gasteiger charge is 2.22. The van der Waals surface area contributed by atoms with Crippen LogP contribution in [0, 0.1) is 13.8 Å². The molecular formula is C10H9BrO4. The molecule has 0 aliphatic carbocycles. The minimum atomic E-state index is -1.54. The van der Waals surface area contributed by atoms with Gasteiger partial charge in [-0.2, -0.15) is 0 Å². The van der Waals surface area contributed by atoms with Gasteiger partial charge in [-0.05, 0) is 25.5 Å². The summed E-state index contributed by atoms with van der Waals surface area (Å²) >= 11 is 3.11. The summed E-state index contributed by atoms with van der Waals surface area (Å²) in [5.74, 6) is -2.63. The highest BCUT2D eigenvalue weighted by atomic mass is 79.9. The number of aryl methyl sites for hydroxylation is 1. The smallest absolute Gasteiger partial charge is 0.377 e. The molecule has 0 amide bonds. The van der Waals surface area contributed by atoms with Crippen molar-refractivity contribution >= 4 is 27.7 Å². The Morgan fingerprint density at radius 2 is 1.87 bits per heavy atom. The molecule has 0 saturated carbocycles. The molecular weight excluding hydrogens is 264 g/mol. The summed E-state index contributed by atoms with van der Waals surface area (Å²) in [6, 6.07) is 1.51. The number of halogens is 1. The third-order valence-corrected chi connectivity index (χ3v) is 2.73. The fraction of sp³-hybridized carbons (Fsp3) is 0.200. The molecule has 0 bridgehead atoms. The maximum atomic E-state index is 11.3. The van der Waals surface area contributed by atoms with Crippen LogP contribution in [0.15, 0.2) is 10.5 Å². The molecule has 0 radical (unpaired) electrons. The number of aromatic hydroxyl groups is 1. The molecule has 15 heavy (non-hydrogen) atoms. The number of carbonyl (C=O) groups is 2. The van der Waals surface area contributed by atoms with Crippen LogP contribution < -0.4 is 0 Å². The summed E-state index contributed by atoms with van der Waals surface area (Å²) in [5.41, 5.74) is 0.848. The molecule has 0 aliphatic rings. The van der Waals surface area contributed by atoms with Gasteiger partial charge in [0.2, 0.25) is 0 Å². The zero-order valence-electron chi connectivity index (χ0n) is 8.17. The number of Topliss-reactive ketones (excluding diaryl/α,β-unsaturated/α-hetero) is 1. The fourth-order valence-electron chi connectivity index (χ4n) is 1.31. The highest BCUT2D eigenvalue weighted by Crippen LogP contribution is 2.31. The van der Waals surface area contributed by atoms with Gasteiger partial charge in [0.05, 0.1) is 5.56 Å². The molecule has 0 unspecified atom stereocenters. The van der Waals surface area contributed by atoms with Crippen molar-refractivity contribution < 1.29 is 19.8 Å². The zero-order valence-corrected chi connectivity index (χ0v) is 9.75. The van der Waals surface area contributed by atoms with Gasteiger partial charge in [-0.1, -0.05) is 15.9 Å². The summed E-state index contributed by atoms with van der Waals surface area (Å²) < 4.78 is 0.378. The van der Waals surface area contributed by atoms with Crippen LogP contribution in [0.25, 0.3) is 0 Å². The lowest BCUT2D eigenvalue weighted by atomic mass is 10.0. The van der Waals surface area contributed by atoms with E-state index in [-0.39, 0.29) is 16.9 Å². The van der Waals surface area contributed by atoms with E-state index in [0.717, 1.165) is 0 Å². The Hall–Kier alpha value is -1.36. The van der Waals surface area contributed by atoms with E-state index < -0.39 is 11.8 Å². The monoisotopic (exact) mass is 272 g/mol. The number of aliphatic carboxylic acids is 1. The van der Waals surface area contributed by atoms with Crippen LogP contribution in [0.1, 0.15) is 21.5 Å². The highest BCUT2D eigenvalue weighted by molar-refractivity contribution is 9.10. The molecule has 5 heteroatoms. The second-order valence-electron chi connectivity index (χ2n) is 3.16. The Kier molecular flexibility index (Phi) is 3.14. The predicted molar refractivity (Wildman–Crippen MR) is 57.2 cm³/mol. The first-order chi connectivity index (χ1) is 6.86.